The second kappa shape index (κ2) is 8.25. The van der Waals surface area contributed by atoms with Crippen molar-refractivity contribution in [2.24, 2.45) is 0 Å². The summed E-state index contributed by atoms with van der Waals surface area (Å²) in [6.07, 6.45) is 3.63. The standard InChI is InChI=1S/C12H16ClFIN/c13-11-6-4-5-10(12(11)14)9-16-8-3-1-2-7-15/h4-6,16H,1-3,7-9H2. The Labute approximate surface area is 115 Å². The Hall–Kier alpha value is 0.130. The van der Waals surface area contributed by atoms with Crippen LogP contribution in [0.3, 0.4) is 0 Å². The molecule has 1 rings (SSSR count). The van der Waals surface area contributed by atoms with Crippen LogP contribution in [0, 0.1) is 5.82 Å². The van der Waals surface area contributed by atoms with E-state index in [0.29, 0.717) is 12.1 Å². The summed E-state index contributed by atoms with van der Waals surface area (Å²) in [6, 6.07) is 5.11. The van der Waals surface area contributed by atoms with Crippen molar-refractivity contribution in [1.82, 2.24) is 5.32 Å². The molecule has 4 heteroatoms. The third-order valence-corrected chi connectivity index (χ3v) is 3.39. The van der Waals surface area contributed by atoms with Crippen LogP contribution in [0.2, 0.25) is 5.02 Å². The van der Waals surface area contributed by atoms with E-state index in [2.05, 4.69) is 27.9 Å². The van der Waals surface area contributed by atoms with Crippen molar-refractivity contribution in [3.8, 4) is 0 Å². The molecule has 0 aliphatic carbocycles. The minimum Gasteiger partial charge on any atom is -0.313 e. The third-order valence-electron chi connectivity index (χ3n) is 2.33. The van der Waals surface area contributed by atoms with Crippen molar-refractivity contribution in [2.75, 3.05) is 11.0 Å². The van der Waals surface area contributed by atoms with Crippen LogP contribution in [-0.4, -0.2) is 11.0 Å². The van der Waals surface area contributed by atoms with Crippen molar-refractivity contribution in [3.63, 3.8) is 0 Å². The molecule has 0 atom stereocenters. The van der Waals surface area contributed by atoms with E-state index in [0.717, 1.165) is 13.0 Å². The zero-order valence-corrected chi connectivity index (χ0v) is 12.0. The average molecular weight is 356 g/mol. The summed E-state index contributed by atoms with van der Waals surface area (Å²) in [6.45, 7) is 1.49. The number of hydrogen-bond donors (Lipinski definition) is 1. The molecular weight excluding hydrogens is 339 g/mol. The van der Waals surface area contributed by atoms with E-state index in [1.165, 1.54) is 17.3 Å². The van der Waals surface area contributed by atoms with Gasteiger partial charge < -0.3 is 5.32 Å². The van der Waals surface area contributed by atoms with Gasteiger partial charge in [-0.15, -0.1) is 0 Å². The number of alkyl halides is 1. The maximum absolute atomic E-state index is 13.5. The highest BCUT2D eigenvalue weighted by Crippen LogP contribution is 2.17. The van der Waals surface area contributed by atoms with Gasteiger partial charge in [-0.3, -0.25) is 0 Å². The first-order valence-electron chi connectivity index (χ1n) is 5.45. The monoisotopic (exact) mass is 355 g/mol. The van der Waals surface area contributed by atoms with E-state index in [4.69, 9.17) is 11.6 Å². The fraction of sp³-hybridized carbons (Fsp3) is 0.500. The molecule has 0 aliphatic heterocycles. The molecule has 0 saturated heterocycles. The van der Waals surface area contributed by atoms with E-state index >= 15 is 0 Å². The maximum atomic E-state index is 13.5. The Kier molecular flexibility index (Phi) is 7.32. The van der Waals surface area contributed by atoms with Crippen LogP contribution >= 0.6 is 34.2 Å². The Morgan fingerprint density at radius 2 is 2.06 bits per heavy atom. The van der Waals surface area contributed by atoms with Crippen LogP contribution in [0.5, 0.6) is 0 Å². The lowest BCUT2D eigenvalue weighted by Crippen LogP contribution is -2.15. The quantitative estimate of drug-likeness (QED) is 0.440. The highest BCUT2D eigenvalue weighted by atomic mass is 127. The molecule has 90 valence electrons. The van der Waals surface area contributed by atoms with Gasteiger partial charge >= 0.3 is 0 Å². The lowest BCUT2D eigenvalue weighted by Gasteiger charge is -2.06. The molecule has 0 aromatic heterocycles. The summed E-state index contributed by atoms with van der Waals surface area (Å²) >= 11 is 8.07. The summed E-state index contributed by atoms with van der Waals surface area (Å²) in [5.41, 5.74) is 0.640. The van der Waals surface area contributed by atoms with E-state index in [1.807, 2.05) is 0 Å². The molecule has 1 aromatic rings. The van der Waals surface area contributed by atoms with E-state index in [-0.39, 0.29) is 10.8 Å². The van der Waals surface area contributed by atoms with E-state index in [1.54, 1.807) is 18.2 Å². The van der Waals surface area contributed by atoms with Crippen LogP contribution in [0.15, 0.2) is 18.2 Å². The van der Waals surface area contributed by atoms with Gasteiger partial charge in [0.15, 0.2) is 0 Å². The minimum absolute atomic E-state index is 0.198. The summed E-state index contributed by atoms with van der Waals surface area (Å²) < 4.78 is 14.7. The van der Waals surface area contributed by atoms with Crippen LogP contribution in [-0.2, 0) is 6.54 Å². The smallest absolute Gasteiger partial charge is 0.146 e. The Balaban J connectivity index is 2.24. The summed E-state index contributed by atoms with van der Waals surface area (Å²) in [5, 5.41) is 3.43. The van der Waals surface area contributed by atoms with Gasteiger partial charge in [0.1, 0.15) is 5.82 Å². The summed E-state index contributed by atoms with van der Waals surface area (Å²) in [4.78, 5) is 0. The van der Waals surface area contributed by atoms with E-state index < -0.39 is 0 Å². The SMILES string of the molecule is Fc1c(Cl)cccc1CNCCCCCI. The van der Waals surface area contributed by atoms with Gasteiger partial charge in [-0.2, -0.15) is 0 Å². The van der Waals surface area contributed by atoms with Gasteiger partial charge in [0.2, 0.25) is 0 Å². The summed E-state index contributed by atoms with van der Waals surface area (Å²) in [7, 11) is 0. The van der Waals surface area contributed by atoms with Gasteiger partial charge in [0, 0.05) is 12.1 Å². The lowest BCUT2D eigenvalue weighted by atomic mass is 10.2. The molecule has 1 nitrogen and oxygen atoms in total. The normalized spacial score (nSPS) is 10.7. The topological polar surface area (TPSA) is 12.0 Å². The fourth-order valence-electron chi connectivity index (χ4n) is 1.43. The highest BCUT2D eigenvalue weighted by molar-refractivity contribution is 14.1. The Morgan fingerprint density at radius 1 is 1.25 bits per heavy atom. The van der Waals surface area contributed by atoms with Gasteiger partial charge in [0.05, 0.1) is 5.02 Å². The van der Waals surface area contributed by atoms with Crippen molar-refractivity contribution in [3.05, 3.63) is 34.6 Å². The van der Waals surface area contributed by atoms with Gasteiger partial charge in [-0.1, -0.05) is 52.7 Å². The van der Waals surface area contributed by atoms with Crippen molar-refractivity contribution in [1.29, 1.82) is 0 Å². The number of hydrogen-bond acceptors (Lipinski definition) is 1. The van der Waals surface area contributed by atoms with Crippen LogP contribution in [0.4, 0.5) is 4.39 Å². The molecule has 0 amide bonds. The van der Waals surface area contributed by atoms with Crippen LogP contribution in [0.25, 0.3) is 0 Å². The molecule has 1 N–H and O–H groups in total. The first-order chi connectivity index (χ1) is 7.75. The number of unbranched alkanes of at least 4 members (excludes halogenated alkanes) is 2. The molecule has 0 unspecified atom stereocenters. The average Bonchev–Trinajstić information content (AvgIpc) is 2.29. The van der Waals surface area contributed by atoms with Gasteiger partial charge in [-0.05, 0) is 29.9 Å². The third kappa shape index (κ3) is 4.97. The van der Waals surface area contributed by atoms with Crippen molar-refractivity contribution >= 4 is 34.2 Å². The first-order valence-corrected chi connectivity index (χ1v) is 7.35. The molecule has 0 bridgehead atoms. The molecule has 0 aliphatic rings. The molecule has 0 heterocycles. The Bertz CT molecular complexity index is 320. The predicted molar refractivity (Wildman–Crippen MR) is 75.9 cm³/mol. The number of rotatable bonds is 7. The molecule has 1 aromatic carbocycles. The minimum atomic E-state index is -0.302. The van der Waals surface area contributed by atoms with Gasteiger partial charge in [0.25, 0.3) is 0 Å². The van der Waals surface area contributed by atoms with Crippen molar-refractivity contribution in [2.45, 2.75) is 25.8 Å². The summed E-state index contributed by atoms with van der Waals surface area (Å²) in [5.74, 6) is -0.302. The van der Waals surface area contributed by atoms with Gasteiger partial charge in [-0.25, -0.2) is 4.39 Å². The largest absolute Gasteiger partial charge is 0.313 e. The second-order valence-electron chi connectivity index (χ2n) is 3.64. The predicted octanol–water partition coefficient (Wildman–Crippen LogP) is 4.17. The highest BCUT2D eigenvalue weighted by Gasteiger charge is 2.04. The van der Waals surface area contributed by atoms with E-state index in [9.17, 15) is 4.39 Å². The number of halogens is 3. The molecule has 0 fully saturated rings. The molecule has 0 spiro atoms. The molecule has 0 saturated carbocycles. The fourth-order valence-corrected chi connectivity index (χ4v) is 2.16. The first kappa shape index (κ1) is 14.2. The van der Waals surface area contributed by atoms with Crippen LogP contribution < -0.4 is 5.32 Å². The molecular formula is C12H16ClFIN. The Morgan fingerprint density at radius 3 is 2.81 bits per heavy atom. The number of benzene rings is 1. The maximum Gasteiger partial charge on any atom is 0.146 e. The number of nitrogens with one attached hydrogen (secondary N) is 1. The zero-order valence-electron chi connectivity index (χ0n) is 9.11. The second-order valence-corrected chi connectivity index (χ2v) is 5.13. The molecule has 16 heavy (non-hydrogen) atoms. The van der Waals surface area contributed by atoms with Crippen molar-refractivity contribution < 1.29 is 4.39 Å². The lowest BCUT2D eigenvalue weighted by molar-refractivity contribution is 0.575. The van der Waals surface area contributed by atoms with Crippen LogP contribution in [0.1, 0.15) is 24.8 Å². The molecule has 0 radical (unpaired) electrons. The zero-order chi connectivity index (χ0) is 11.8.